The number of benzene rings is 1. The zero-order valence-corrected chi connectivity index (χ0v) is 20.8. The molecule has 1 fully saturated rings. The largest absolute Gasteiger partial charge is 0.477 e. The monoisotopic (exact) mass is 556 g/mol. The van der Waals surface area contributed by atoms with Crippen LogP contribution in [0.2, 0.25) is 0 Å². The van der Waals surface area contributed by atoms with Crippen LogP contribution in [-0.2, 0) is 18.9 Å². The molecule has 14 nitrogen and oxygen atoms in total. The lowest BCUT2D eigenvalue weighted by Gasteiger charge is -2.50. The number of H-pyrrole nitrogens is 1. The molecule has 0 spiro atoms. The predicted molar refractivity (Wildman–Crippen MR) is 126 cm³/mol. The van der Waals surface area contributed by atoms with Crippen molar-refractivity contribution in [2.45, 2.75) is 34.3 Å². The van der Waals surface area contributed by atoms with Crippen LogP contribution in [0.15, 0.2) is 46.8 Å². The Morgan fingerprint density at radius 1 is 1.31 bits per heavy atom. The van der Waals surface area contributed by atoms with Crippen LogP contribution in [0.3, 0.4) is 0 Å². The van der Waals surface area contributed by atoms with Gasteiger partial charge in [-0.25, -0.2) is 4.79 Å². The molecule has 192 valence electrons. The van der Waals surface area contributed by atoms with Gasteiger partial charge >= 0.3 is 13.6 Å². The van der Waals surface area contributed by atoms with Gasteiger partial charge in [0.05, 0.1) is 6.16 Å². The van der Waals surface area contributed by atoms with Gasteiger partial charge in [0, 0.05) is 11.0 Å². The third-order valence-corrected chi connectivity index (χ3v) is 8.84. The Morgan fingerprint density at radius 2 is 2.03 bits per heavy atom. The van der Waals surface area contributed by atoms with Gasteiger partial charge in [-0.15, -0.1) is 22.0 Å². The van der Waals surface area contributed by atoms with E-state index < -0.39 is 54.3 Å². The highest BCUT2D eigenvalue weighted by Gasteiger charge is 2.55. The summed E-state index contributed by atoms with van der Waals surface area (Å²) in [5.74, 6) is -2.75. The molecule has 0 saturated carbocycles. The summed E-state index contributed by atoms with van der Waals surface area (Å²) in [7, 11) is -4.40. The molecule has 2 aliphatic heterocycles. The molecule has 0 radical (unpaired) electrons. The maximum absolute atomic E-state index is 13.0. The number of thioether (sulfide) groups is 2. The van der Waals surface area contributed by atoms with Crippen LogP contribution in [0.1, 0.15) is 18.1 Å². The van der Waals surface area contributed by atoms with Gasteiger partial charge in [0.2, 0.25) is 5.16 Å². The second kappa shape index (κ2) is 10.7. The number of amides is 2. The molecule has 4 atom stereocenters. The molecule has 2 aliphatic rings. The Kier molecular flexibility index (Phi) is 7.82. The Balaban J connectivity index is 1.56. The number of hydrogen-bond donors (Lipinski definition) is 6. The van der Waals surface area contributed by atoms with Crippen molar-refractivity contribution in [2.75, 3.05) is 11.9 Å². The second-order valence-corrected chi connectivity index (χ2v) is 11.9. The van der Waals surface area contributed by atoms with E-state index in [1.807, 2.05) is 0 Å². The van der Waals surface area contributed by atoms with E-state index in [-0.39, 0.29) is 28.6 Å². The Morgan fingerprint density at radius 3 is 2.64 bits per heavy atom. The summed E-state index contributed by atoms with van der Waals surface area (Å²) < 4.78 is 11.5. The number of carboxylic acid groups (broad SMARTS) is 1. The maximum Gasteiger partial charge on any atom is 0.352 e. The van der Waals surface area contributed by atoms with E-state index in [2.05, 4.69) is 25.9 Å². The zero-order valence-electron chi connectivity index (χ0n) is 18.3. The molecule has 0 aliphatic carbocycles. The number of nitrogens with one attached hydrogen (secondary N) is 2. The van der Waals surface area contributed by atoms with E-state index in [9.17, 15) is 38.9 Å². The average molecular weight is 557 g/mol. The first-order chi connectivity index (χ1) is 17.1. The fraction of sp³-hybridized carbons (Fsp3) is 0.368. The van der Waals surface area contributed by atoms with E-state index in [1.165, 1.54) is 11.8 Å². The molecule has 1 aromatic carbocycles. The average Bonchev–Trinajstić information content (AvgIpc) is 3.36. The first-order valence-electron chi connectivity index (χ1n) is 10.5. The number of tetrazole rings is 1. The van der Waals surface area contributed by atoms with Crippen LogP contribution in [0, 0.1) is 0 Å². The highest BCUT2D eigenvalue weighted by molar-refractivity contribution is 8.01. The SMILES string of the molecule is O=C(O)C1=C(C(CCP(=O)(O)O)Sc2nn[nH]n2)CS[C@H]2[C@H](NC(=O)C(O)c3ccccc3)C(=O)N12. The number of aliphatic carboxylic acids is 1. The lowest BCUT2D eigenvalue weighted by molar-refractivity contribution is -0.151. The minimum absolute atomic E-state index is 0.105. The lowest BCUT2D eigenvalue weighted by atomic mass is 10.00. The summed E-state index contributed by atoms with van der Waals surface area (Å²) >= 11 is 2.16. The summed E-state index contributed by atoms with van der Waals surface area (Å²) in [6.45, 7) is 0. The van der Waals surface area contributed by atoms with Crippen molar-refractivity contribution in [3.8, 4) is 0 Å². The number of rotatable bonds is 10. The predicted octanol–water partition coefficient (Wildman–Crippen LogP) is -0.300. The number of aliphatic hydroxyl groups is 1. The van der Waals surface area contributed by atoms with Crippen LogP contribution in [0.5, 0.6) is 0 Å². The van der Waals surface area contributed by atoms with Crippen molar-refractivity contribution < 1.29 is 38.9 Å². The number of carboxylic acids is 1. The lowest BCUT2D eigenvalue weighted by Crippen LogP contribution is -2.71. The first kappa shape index (κ1) is 26.3. The molecule has 1 saturated heterocycles. The van der Waals surface area contributed by atoms with Gasteiger partial charge in [0.25, 0.3) is 11.8 Å². The standard InChI is InChI=1S/C19H21N6O8PS2/c26-14(9-4-2-1-3-5-9)15(27)20-12-16(28)25-13(18(29)30)10(8-35-17(12)25)11(6-7-34(31,32)33)36-19-21-23-24-22-19/h1-5,11-12,14,17,26H,6-8H2,(H,20,27)(H,29,30)(H2,31,32,33)(H,21,22,23,24)/t11?,12-,14?,17+/m1/s1. The Bertz CT molecular complexity index is 1220. The molecular weight excluding hydrogens is 535 g/mol. The number of β-lactam (4-membered cyclic amide) rings is 1. The van der Waals surface area contributed by atoms with Crippen molar-refractivity contribution in [1.29, 1.82) is 0 Å². The topological polar surface area (TPSA) is 219 Å². The van der Waals surface area contributed by atoms with Crippen molar-refractivity contribution in [2.24, 2.45) is 0 Å². The van der Waals surface area contributed by atoms with Crippen LogP contribution in [-0.4, -0.2) is 91.9 Å². The van der Waals surface area contributed by atoms with Crippen LogP contribution in [0.25, 0.3) is 0 Å². The fourth-order valence-electron chi connectivity index (χ4n) is 3.83. The molecule has 3 heterocycles. The quantitative estimate of drug-likeness (QED) is 0.126. The minimum atomic E-state index is -4.40. The summed E-state index contributed by atoms with van der Waals surface area (Å²) in [6.07, 6.45) is -2.13. The van der Waals surface area contributed by atoms with E-state index in [0.717, 1.165) is 16.7 Å². The van der Waals surface area contributed by atoms with E-state index in [1.54, 1.807) is 30.3 Å². The van der Waals surface area contributed by atoms with Gasteiger partial charge in [0.15, 0.2) is 6.10 Å². The molecular formula is C19H21N6O8PS2. The molecule has 1 aromatic heterocycles. The van der Waals surface area contributed by atoms with E-state index in [4.69, 9.17) is 0 Å². The van der Waals surface area contributed by atoms with E-state index >= 15 is 0 Å². The molecule has 17 heteroatoms. The summed E-state index contributed by atoms with van der Waals surface area (Å²) in [5.41, 5.74) is 0.300. The van der Waals surface area contributed by atoms with Gasteiger partial charge in [-0.2, -0.15) is 5.21 Å². The zero-order chi connectivity index (χ0) is 26.0. The third-order valence-electron chi connectivity index (χ3n) is 5.51. The maximum atomic E-state index is 13.0. The van der Waals surface area contributed by atoms with Crippen LogP contribution in [0.4, 0.5) is 0 Å². The van der Waals surface area contributed by atoms with Gasteiger partial charge in [-0.1, -0.05) is 42.1 Å². The summed E-state index contributed by atoms with van der Waals surface area (Å²) in [5, 5.41) is 34.7. The molecule has 0 bridgehead atoms. The van der Waals surface area contributed by atoms with Gasteiger partial charge in [-0.05, 0) is 22.8 Å². The van der Waals surface area contributed by atoms with Gasteiger partial charge in [-0.3, -0.25) is 19.1 Å². The number of aromatic amines is 1. The minimum Gasteiger partial charge on any atom is -0.477 e. The number of fused-ring (bicyclic) bond motifs is 1. The Hall–Kier alpha value is -2.75. The Labute approximate surface area is 212 Å². The highest BCUT2D eigenvalue weighted by Crippen LogP contribution is 2.46. The van der Waals surface area contributed by atoms with Crippen molar-refractivity contribution in [3.63, 3.8) is 0 Å². The molecule has 36 heavy (non-hydrogen) atoms. The number of aromatic nitrogens is 4. The van der Waals surface area contributed by atoms with Gasteiger partial charge < -0.3 is 25.3 Å². The first-order valence-corrected chi connectivity index (χ1v) is 14.2. The molecule has 2 unspecified atom stereocenters. The number of carbonyl (C=O) groups is 3. The van der Waals surface area contributed by atoms with Gasteiger partial charge in [0.1, 0.15) is 17.1 Å². The fourth-order valence-corrected chi connectivity index (χ4v) is 7.13. The summed E-state index contributed by atoms with van der Waals surface area (Å²) in [6, 6.07) is 7.10. The molecule has 4 rings (SSSR count). The molecule has 2 aromatic rings. The number of nitrogens with zero attached hydrogens (tertiary/aromatic N) is 4. The normalized spacial score (nSPS) is 21.4. The second-order valence-electron chi connectivity index (χ2n) is 7.87. The molecule has 6 N–H and O–H groups in total. The van der Waals surface area contributed by atoms with Crippen LogP contribution < -0.4 is 5.32 Å². The number of carbonyl (C=O) groups excluding carboxylic acids is 2. The number of hydrogen-bond acceptors (Lipinski definition) is 10. The smallest absolute Gasteiger partial charge is 0.352 e. The molecule has 2 amide bonds. The van der Waals surface area contributed by atoms with Crippen molar-refractivity contribution in [1.82, 2.24) is 30.8 Å². The third kappa shape index (κ3) is 5.63. The highest BCUT2D eigenvalue weighted by atomic mass is 32.2. The number of aliphatic hydroxyl groups excluding tert-OH is 1. The summed E-state index contributed by atoms with van der Waals surface area (Å²) in [4.78, 5) is 57.5. The van der Waals surface area contributed by atoms with Crippen LogP contribution >= 0.6 is 31.1 Å². The van der Waals surface area contributed by atoms with Crippen molar-refractivity contribution in [3.05, 3.63) is 47.2 Å². The van der Waals surface area contributed by atoms with E-state index in [0.29, 0.717) is 5.56 Å². The van der Waals surface area contributed by atoms with Crippen molar-refractivity contribution >= 4 is 48.9 Å².